The van der Waals surface area contributed by atoms with Crippen LogP contribution in [0.15, 0.2) is 24.3 Å². The molecule has 0 aromatic heterocycles. The van der Waals surface area contributed by atoms with Crippen LogP contribution in [0.1, 0.15) is 65.7 Å². The zero-order valence-electron chi connectivity index (χ0n) is 23.3. The quantitative estimate of drug-likeness (QED) is 0.270. The molecule has 1 unspecified atom stereocenters. The van der Waals surface area contributed by atoms with Crippen LogP contribution in [0.3, 0.4) is 0 Å². The van der Waals surface area contributed by atoms with Gasteiger partial charge in [-0.05, 0) is 46.0 Å². The van der Waals surface area contributed by atoms with Crippen molar-refractivity contribution in [2.24, 2.45) is 11.8 Å². The molecule has 4 rings (SSSR count). The average Bonchev–Trinajstić information content (AvgIpc) is 3.27. The van der Waals surface area contributed by atoms with Crippen molar-refractivity contribution in [3.8, 4) is 0 Å². The maximum absolute atomic E-state index is 14.2. The van der Waals surface area contributed by atoms with Crippen molar-refractivity contribution in [2.75, 3.05) is 26.2 Å². The minimum absolute atomic E-state index is 0.0157. The Morgan fingerprint density at radius 3 is 2.69 bits per heavy atom. The van der Waals surface area contributed by atoms with Gasteiger partial charge < -0.3 is 29.7 Å². The highest BCUT2D eigenvalue weighted by molar-refractivity contribution is 5.99. The van der Waals surface area contributed by atoms with Crippen LogP contribution in [0.4, 0.5) is 0 Å². The Hall–Kier alpha value is -2.72. The van der Waals surface area contributed by atoms with Crippen LogP contribution in [-0.4, -0.2) is 94.7 Å². The fourth-order valence-corrected chi connectivity index (χ4v) is 6.46. The summed E-state index contributed by atoms with van der Waals surface area (Å²) in [5.74, 6) is -2.98. The molecule has 0 saturated carbocycles. The number of carbonyl (C=O) groups is 4. The van der Waals surface area contributed by atoms with E-state index in [1.165, 1.54) is 0 Å². The van der Waals surface area contributed by atoms with Crippen molar-refractivity contribution in [1.29, 1.82) is 0 Å². The lowest BCUT2D eigenvalue weighted by Gasteiger charge is -2.37. The van der Waals surface area contributed by atoms with Gasteiger partial charge in [0, 0.05) is 32.2 Å². The smallest absolute Gasteiger partial charge is 0.313 e. The van der Waals surface area contributed by atoms with Crippen LogP contribution >= 0.6 is 0 Å². The molecular formula is C29H43N3O7. The minimum Gasteiger partial charge on any atom is -0.460 e. The second-order valence-corrected chi connectivity index (χ2v) is 11.2. The fraction of sp³-hybridized carbons (Fsp3) is 0.724. The molecule has 216 valence electrons. The Bertz CT molecular complexity index is 997. The summed E-state index contributed by atoms with van der Waals surface area (Å²) in [6, 6.07) is -0.912. The third-order valence-electron chi connectivity index (χ3n) is 8.36. The second-order valence-electron chi connectivity index (χ2n) is 11.2. The van der Waals surface area contributed by atoms with Gasteiger partial charge in [-0.2, -0.15) is 0 Å². The van der Waals surface area contributed by atoms with E-state index in [-0.39, 0.29) is 43.3 Å². The predicted molar refractivity (Wildman–Crippen MR) is 143 cm³/mol. The normalized spacial score (nSPS) is 34.7. The van der Waals surface area contributed by atoms with Gasteiger partial charge in [0.2, 0.25) is 17.7 Å². The molecule has 4 heterocycles. The lowest BCUT2D eigenvalue weighted by Crippen LogP contribution is -2.56. The van der Waals surface area contributed by atoms with Crippen molar-refractivity contribution in [3.63, 3.8) is 0 Å². The molecule has 0 bridgehead atoms. The number of hydrogen-bond acceptors (Lipinski definition) is 7. The van der Waals surface area contributed by atoms with Gasteiger partial charge >= 0.3 is 5.97 Å². The SMILES string of the molecule is CCCC(C)N1CC=C[C@@]23O[C@H]4/C=C\CCC(=O)NC[C@H](C)OC(=O)[C@H]4[C@@H]2C(=O)N(CCCCCO)[C@H]3C1=O. The maximum Gasteiger partial charge on any atom is 0.313 e. The van der Waals surface area contributed by atoms with Crippen molar-refractivity contribution < 1.29 is 33.8 Å². The molecule has 10 nitrogen and oxygen atoms in total. The summed E-state index contributed by atoms with van der Waals surface area (Å²) in [5, 5.41) is 12.0. The number of aliphatic hydroxyl groups excluding tert-OH is 1. The molecule has 0 aromatic rings. The highest BCUT2D eigenvalue weighted by atomic mass is 16.6. The second kappa shape index (κ2) is 12.6. The Morgan fingerprint density at radius 1 is 1.15 bits per heavy atom. The Morgan fingerprint density at radius 2 is 1.95 bits per heavy atom. The van der Waals surface area contributed by atoms with E-state index in [9.17, 15) is 24.3 Å². The van der Waals surface area contributed by atoms with Crippen molar-refractivity contribution >= 4 is 23.7 Å². The monoisotopic (exact) mass is 545 g/mol. The molecule has 4 aliphatic rings. The molecule has 0 aliphatic carbocycles. The lowest BCUT2D eigenvalue weighted by atomic mass is 9.78. The van der Waals surface area contributed by atoms with Crippen molar-refractivity contribution in [1.82, 2.24) is 15.1 Å². The molecule has 2 fully saturated rings. The summed E-state index contributed by atoms with van der Waals surface area (Å²) in [5.41, 5.74) is -1.30. The molecule has 3 amide bonds. The van der Waals surface area contributed by atoms with Crippen LogP contribution in [0, 0.1) is 11.8 Å². The Labute approximate surface area is 230 Å². The molecule has 0 aromatic carbocycles. The fourth-order valence-electron chi connectivity index (χ4n) is 6.46. The van der Waals surface area contributed by atoms with E-state index in [1.807, 2.05) is 24.0 Å². The first-order chi connectivity index (χ1) is 18.7. The van der Waals surface area contributed by atoms with Gasteiger partial charge in [-0.15, -0.1) is 0 Å². The molecule has 39 heavy (non-hydrogen) atoms. The van der Waals surface area contributed by atoms with Crippen molar-refractivity contribution in [3.05, 3.63) is 24.3 Å². The van der Waals surface area contributed by atoms with Gasteiger partial charge in [0.1, 0.15) is 23.7 Å². The number of hydrogen-bond donors (Lipinski definition) is 2. The van der Waals surface area contributed by atoms with Crippen molar-refractivity contribution in [2.45, 2.75) is 95.6 Å². The first kappa shape index (κ1) is 29.3. The topological polar surface area (TPSA) is 125 Å². The third kappa shape index (κ3) is 5.77. The molecule has 7 atom stereocenters. The van der Waals surface area contributed by atoms with Gasteiger partial charge in [0.05, 0.1) is 18.6 Å². The van der Waals surface area contributed by atoms with Gasteiger partial charge in [-0.1, -0.05) is 37.6 Å². The van der Waals surface area contributed by atoms with Gasteiger partial charge in [-0.3, -0.25) is 19.2 Å². The van der Waals surface area contributed by atoms with E-state index in [1.54, 1.807) is 24.0 Å². The number of esters is 1. The van der Waals surface area contributed by atoms with Gasteiger partial charge in [0.25, 0.3) is 0 Å². The number of aliphatic hydroxyl groups is 1. The summed E-state index contributed by atoms with van der Waals surface area (Å²) in [6.45, 7) is 6.79. The summed E-state index contributed by atoms with van der Waals surface area (Å²) in [6.07, 6.45) is 10.4. The third-order valence-corrected chi connectivity index (χ3v) is 8.36. The first-order valence-electron chi connectivity index (χ1n) is 14.5. The number of unbranched alkanes of at least 4 members (excludes halogenated alkanes) is 2. The molecule has 10 heteroatoms. The lowest BCUT2D eigenvalue weighted by molar-refractivity contribution is -0.159. The van der Waals surface area contributed by atoms with E-state index in [4.69, 9.17) is 9.47 Å². The highest BCUT2D eigenvalue weighted by Gasteiger charge is 2.71. The highest BCUT2D eigenvalue weighted by Crippen LogP contribution is 2.53. The summed E-state index contributed by atoms with van der Waals surface area (Å²) < 4.78 is 12.4. The van der Waals surface area contributed by atoms with Crippen LogP contribution in [-0.2, 0) is 28.7 Å². The Balaban J connectivity index is 1.74. The molecule has 0 radical (unpaired) electrons. The van der Waals surface area contributed by atoms with Crippen LogP contribution < -0.4 is 5.32 Å². The van der Waals surface area contributed by atoms with E-state index < -0.39 is 41.7 Å². The maximum atomic E-state index is 14.2. The number of carbonyl (C=O) groups excluding carboxylic acids is 4. The summed E-state index contributed by atoms with van der Waals surface area (Å²) in [4.78, 5) is 57.5. The number of nitrogens with zero attached hydrogens (tertiary/aromatic N) is 2. The number of rotatable bonds is 8. The van der Waals surface area contributed by atoms with E-state index in [2.05, 4.69) is 12.2 Å². The zero-order chi connectivity index (χ0) is 28.2. The van der Waals surface area contributed by atoms with Gasteiger partial charge in [-0.25, -0.2) is 0 Å². The van der Waals surface area contributed by atoms with E-state index in [0.717, 1.165) is 12.8 Å². The zero-order valence-corrected chi connectivity index (χ0v) is 23.3. The largest absolute Gasteiger partial charge is 0.460 e. The molecule has 4 aliphatic heterocycles. The van der Waals surface area contributed by atoms with Gasteiger partial charge in [0.15, 0.2) is 0 Å². The number of allylic oxidation sites excluding steroid dienone is 1. The van der Waals surface area contributed by atoms with Crippen LogP contribution in [0.5, 0.6) is 0 Å². The molecule has 1 spiro atoms. The van der Waals surface area contributed by atoms with Crippen LogP contribution in [0.2, 0.25) is 0 Å². The number of nitrogens with one attached hydrogen (secondary N) is 1. The molecule has 2 N–H and O–H groups in total. The molecular weight excluding hydrogens is 502 g/mol. The van der Waals surface area contributed by atoms with E-state index >= 15 is 0 Å². The number of amides is 3. The number of fused-ring (bicyclic) bond motifs is 2. The number of cyclic esters (lactones) is 1. The summed E-state index contributed by atoms with van der Waals surface area (Å²) in [7, 11) is 0. The number of ether oxygens (including phenoxy) is 2. The molecule has 2 saturated heterocycles. The minimum atomic E-state index is -1.30. The number of likely N-dealkylation sites (tertiary alicyclic amines) is 1. The van der Waals surface area contributed by atoms with E-state index in [0.29, 0.717) is 38.8 Å². The first-order valence-corrected chi connectivity index (χ1v) is 14.5. The Kier molecular flexibility index (Phi) is 9.48. The predicted octanol–water partition coefficient (Wildman–Crippen LogP) is 1.71. The average molecular weight is 546 g/mol. The standard InChI is InChI=1S/C29H43N3O7/c1-4-11-19(2)31-16-10-14-29-24(26(35)32(25(29)27(31)36)15-8-5-9-17-33)23-21(39-29)12-6-7-13-22(34)30-18-20(3)38-28(23)37/h6,10,12,14,19-21,23-25,33H,4-5,7-9,11,13,15-18H2,1-3H3,(H,30,34)/b12-6-/t19?,20-,21-,23+,24+,25-,29+/m0/s1. The van der Waals surface area contributed by atoms with Crippen LogP contribution in [0.25, 0.3) is 0 Å². The summed E-state index contributed by atoms with van der Waals surface area (Å²) >= 11 is 0.